The highest BCUT2D eigenvalue weighted by Gasteiger charge is 2.09. The summed E-state index contributed by atoms with van der Waals surface area (Å²) < 4.78 is 5.62. The van der Waals surface area contributed by atoms with Crippen LogP contribution in [0.1, 0.15) is 41.6 Å². The molecule has 0 fully saturated rings. The Morgan fingerprint density at radius 3 is 2.50 bits per heavy atom. The number of carbonyl (C=O) groups excluding carboxylic acids is 1. The molecular formula is C23H24N2O4S. The number of hydrogen-bond acceptors (Lipinski definition) is 5. The number of carboxylic acid groups (broad SMARTS) is 1. The first-order chi connectivity index (χ1) is 14.5. The highest BCUT2D eigenvalue weighted by molar-refractivity contribution is 7.15. The fourth-order valence-corrected chi connectivity index (χ4v) is 3.65. The van der Waals surface area contributed by atoms with Crippen LogP contribution in [-0.4, -0.2) is 28.6 Å². The summed E-state index contributed by atoms with van der Waals surface area (Å²) in [6.07, 6.45) is 4.33. The zero-order valence-corrected chi connectivity index (χ0v) is 17.6. The van der Waals surface area contributed by atoms with Gasteiger partial charge in [-0.05, 0) is 48.4 Å². The smallest absolute Gasteiger partial charge is 0.303 e. The Hall–Kier alpha value is -3.19. The van der Waals surface area contributed by atoms with Crippen molar-refractivity contribution >= 4 is 28.9 Å². The number of nitrogens with one attached hydrogen (secondary N) is 1. The van der Waals surface area contributed by atoms with E-state index in [1.165, 1.54) is 11.3 Å². The number of aromatic nitrogens is 1. The van der Waals surface area contributed by atoms with Gasteiger partial charge in [0.2, 0.25) is 0 Å². The lowest BCUT2D eigenvalue weighted by atomic mass is 10.1. The molecule has 0 aliphatic rings. The van der Waals surface area contributed by atoms with Gasteiger partial charge in [0, 0.05) is 23.9 Å². The molecule has 2 aromatic carbocycles. The van der Waals surface area contributed by atoms with E-state index >= 15 is 0 Å². The predicted octanol–water partition coefficient (Wildman–Crippen LogP) is 5.26. The van der Waals surface area contributed by atoms with Crippen LogP contribution in [0.2, 0.25) is 0 Å². The Bertz CT molecular complexity index is 981. The van der Waals surface area contributed by atoms with Crippen LogP contribution < -0.4 is 10.1 Å². The number of benzene rings is 2. The maximum absolute atomic E-state index is 12.5. The third-order valence-electron chi connectivity index (χ3n) is 4.42. The molecule has 1 heterocycles. The van der Waals surface area contributed by atoms with Gasteiger partial charge in [0.25, 0.3) is 5.91 Å². The van der Waals surface area contributed by atoms with E-state index < -0.39 is 5.97 Å². The fourth-order valence-electron chi connectivity index (χ4n) is 2.73. The maximum atomic E-state index is 12.5. The van der Waals surface area contributed by atoms with Gasteiger partial charge in [-0.2, -0.15) is 0 Å². The minimum absolute atomic E-state index is 0.0732. The zero-order valence-electron chi connectivity index (χ0n) is 16.8. The first kappa shape index (κ1) is 21.5. The van der Waals surface area contributed by atoms with E-state index in [0.29, 0.717) is 24.3 Å². The van der Waals surface area contributed by atoms with E-state index in [9.17, 15) is 9.59 Å². The lowest BCUT2D eigenvalue weighted by Crippen LogP contribution is -2.11. The van der Waals surface area contributed by atoms with Gasteiger partial charge < -0.3 is 15.2 Å². The molecule has 0 spiro atoms. The molecule has 0 saturated heterocycles. The molecule has 6 nitrogen and oxygen atoms in total. The van der Waals surface area contributed by atoms with Crippen molar-refractivity contribution in [2.45, 2.75) is 32.6 Å². The molecule has 2 N–H and O–H groups in total. The summed E-state index contributed by atoms with van der Waals surface area (Å²) in [7, 11) is 0. The normalized spacial score (nSPS) is 10.6. The van der Waals surface area contributed by atoms with Crippen molar-refractivity contribution < 1.29 is 19.4 Å². The Morgan fingerprint density at radius 2 is 1.83 bits per heavy atom. The average molecular weight is 425 g/mol. The number of ether oxygens (including phenoxy) is 1. The predicted molar refractivity (Wildman–Crippen MR) is 118 cm³/mol. The quantitative estimate of drug-likeness (QED) is 0.434. The van der Waals surface area contributed by atoms with Crippen LogP contribution in [0.5, 0.6) is 5.75 Å². The van der Waals surface area contributed by atoms with Gasteiger partial charge in [0.15, 0.2) is 0 Å². The number of aliphatic carboxylic acids is 1. The largest absolute Gasteiger partial charge is 0.494 e. The minimum Gasteiger partial charge on any atom is -0.494 e. The molecule has 0 aliphatic heterocycles. The topological polar surface area (TPSA) is 88.5 Å². The maximum Gasteiger partial charge on any atom is 0.303 e. The van der Waals surface area contributed by atoms with Crippen molar-refractivity contribution in [1.29, 1.82) is 0 Å². The van der Waals surface area contributed by atoms with Gasteiger partial charge >= 0.3 is 5.97 Å². The van der Waals surface area contributed by atoms with Crippen molar-refractivity contribution in [2.24, 2.45) is 0 Å². The van der Waals surface area contributed by atoms with Crippen LogP contribution >= 0.6 is 11.3 Å². The second kappa shape index (κ2) is 10.5. The number of nitrogens with zero attached hydrogens (tertiary/aromatic N) is 1. The van der Waals surface area contributed by atoms with Crippen LogP contribution in [0.3, 0.4) is 0 Å². The van der Waals surface area contributed by atoms with E-state index in [1.807, 2.05) is 24.3 Å². The first-order valence-electron chi connectivity index (χ1n) is 9.86. The Morgan fingerprint density at radius 1 is 1.10 bits per heavy atom. The molecule has 30 heavy (non-hydrogen) atoms. The molecular weight excluding hydrogens is 400 g/mol. The Balaban J connectivity index is 1.57. The Kier molecular flexibility index (Phi) is 7.57. The zero-order chi connectivity index (χ0) is 21.3. The van der Waals surface area contributed by atoms with Crippen LogP contribution in [0, 0.1) is 0 Å². The van der Waals surface area contributed by atoms with Crippen molar-refractivity contribution in [3.63, 3.8) is 0 Å². The third-order valence-corrected chi connectivity index (χ3v) is 5.52. The van der Waals surface area contributed by atoms with Crippen molar-refractivity contribution in [3.05, 3.63) is 65.3 Å². The molecule has 0 atom stereocenters. The van der Waals surface area contributed by atoms with Crippen molar-refractivity contribution in [1.82, 2.24) is 4.98 Å². The molecule has 0 aliphatic carbocycles. The fraction of sp³-hybridized carbons (Fsp3) is 0.261. The molecule has 3 rings (SSSR count). The van der Waals surface area contributed by atoms with Gasteiger partial charge in [-0.25, -0.2) is 4.98 Å². The minimum atomic E-state index is -0.828. The molecule has 0 saturated carbocycles. The SMILES string of the molecule is CCCCOc1ccc(C(=O)Nc2ccc(-c3cnc(CCC(=O)O)s3)cc2)cc1. The highest BCUT2D eigenvalue weighted by Crippen LogP contribution is 2.28. The number of amides is 1. The number of anilines is 1. The summed E-state index contributed by atoms with van der Waals surface area (Å²) >= 11 is 1.48. The third kappa shape index (κ3) is 6.15. The Labute approximate surface area is 179 Å². The van der Waals surface area contributed by atoms with E-state index in [-0.39, 0.29) is 12.3 Å². The number of carboxylic acids is 1. The van der Waals surface area contributed by atoms with E-state index in [1.54, 1.807) is 30.5 Å². The summed E-state index contributed by atoms with van der Waals surface area (Å²) in [5.74, 6) is -0.251. The average Bonchev–Trinajstić information content (AvgIpc) is 3.22. The number of rotatable bonds is 10. The van der Waals surface area contributed by atoms with Gasteiger partial charge in [-0.15, -0.1) is 11.3 Å². The van der Waals surface area contributed by atoms with Gasteiger partial charge in [0.05, 0.1) is 22.9 Å². The number of thiazole rings is 1. The summed E-state index contributed by atoms with van der Waals surface area (Å²) in [6, 6.07) is 14.6. The van der Waals surface area contributed by atoms with Crippen LogP contribution in [0.4, 0.5) is 5.69 Å². The van der Waals surface area contributed by atoms with E-state index in [4.69, 9.17) is 9.84 Å². The van der Waals surface area contributed by atoms with E-state index in [2.05, 4.69) is 17.2 Å². The molecule has 1 amide bonds. The van der Waals surface area contributed by atoms with E-state index in [0.717, 1.165) is 34.0 Å². The number of carbonyl (C=O) groups is 2. The molecule has 156 valence electrons. The van der Waals surface area contributed by atoms with Crippen LogP contribution in [0.15, 0.2) is 54.7 Å². The number of aryl methyl sites for hydroxylation is 1. The van der Waals surface area contributed by atoms with Crippen LogP contribution in [-0.2, 0) is 11.2 Å². The monoisotopic (exact) mass is 424 g/mol. The molecule has 0 radical (unpaired) electrons. The second-order valence-corrected chi connectivity index (χ2v) is 7.89. The summed E-state index contributed by atoms with van der Waals surface area (Å²) in [5.41, 5.74) is 2.23. The van der Waals surface area contributed by atoms with Crippen molar-refractivity contribution in [2.75, 3.05) is 11.9 Å². The molecule has 1 aromatic heterocycles. The summed E-state index contributed by atoms with van der Waals surface area (Å²) in [5, 5.41) is 12.5. The molecule has 0 bridgehead atoms. The highest BCUT2D eigenvalue weighted by atomic mass is 32.1. The summed E-state index contributed by atoms with van der Waals surface area (Å²) in [6.45, 7) is 2.79. The standard InChI is InChI=1S/C23H24N2O4S/c1-2-3-14-29-19-10-6-17(7-11-19)23(28)25-18-8-4-16(5-9-18)20-15-24-21(30-20)12-13-22(26)27/h4-11,15H,2-3,12-14H2,1H3,(H,25,28)(H,26,27). The number of hydrogen-bond donors (Lipinski definition) is 2. The lowest BCUT2D eigenvalue weighted by molar-refractivity contribution is -0.136. The van der Waals surface area contributed by atoms with Gasteiger partial charge in [0.1, 0.15) is 5.75 Å². The van der Waals surface area contributed by atoms with Crippen molar-refractivity contribution in [3.8, 4) is 16.2 Å². The first-order valence-corrected chi connectivity index (χ1v) is 10.7. The molecule has 3 aromatic rings. The lowest BCUT2D eigenvalue weighted by Gasteiger charge is -2.08. The van der Waals surface area contributed by atoms with Crippen LogP contribution in [0.25, 0.3) is 10.4 Å². The molecule has 7 heteroatoms. The second-order valence-electron chi connectivity index (χ2n) is 6.77. The van der Waals surface area contributed by atoms with Gasteiger partial charge in [-0.1, -0.05) is 25.5 Å². The summed E-state index contributed by atoms with van der Waals surface area (Å²) in [4.78, 5) is 28.4. The van der Waals surface area contributed by atoms with Gasteiger partial charge in [-0.3, -0.25) is 9.59 Å². The number of unbranched alkanes of at least 4 members (excludes halogenated alkanes) is 1. The molecule has 0 unspecified atom stereocenters.